The van der Waals surface area contributed by atoms with Crippen molar-refractivity contribution in [2.24, 2.45) is 5.92 Å². The average molecular weight is 428 g/mol. The van der Waals surface area contributed by atoms with Crippen molar-refractivity contribution in [3.05, 3.63) is 72.7 Å². The number of benzene rings is 2. The molecule has 0 unspecified atom stereocenters. The number of nitrogens with two attached hydrogens (primary N) is 1. The summed E-state index contributed by atoms with van der Waals surface area (Å²) >= 11 is 0. The maximum Gasteiger partial charge on any atom is 0.146 e. The van der Waals surface area contributed by atoms with Crippen molar-refractivity contribution in [2.45, 2.75) is 25.5 Å². The molecule has 1 aliphatic rings. The van der Waals surface area contributed by atoms with Crippen LogP contribution in [0, 0.1) is 5.92 Å². The fourth-order valence-corrected chi connectivity index (χ4v) is 4.69. The Morgan fingerprint density at radius 2 is 1.88 bits per heavy atom. The van der Waals surface area contributed by atoms with Gasteiger partial charge < -0.3 is 19.9 Å². The van der Waals surface area contributed by atoms with Gasteiger partial charge in [-0.05, 0) is 56.1 Å². The Kier molecular flexibility index (Phi) is 5.53. The van der Waals surface area contributed by atoms with Gasteiger partial charge in [-0.15, -0.1) is 0 Å². The normalized spacial score (nSPS) is 18.1. The third kappa shape index (κ3) is 4.06. The molecule has 32 heavy (non-hydrogen) atoms. The summed E-state index contributed by atoms with van der Waals surface area (Å²) in [6, 6.07) is 18.8. The number of hydrogen-bond donors (Lipinski definition) is 1. The van der Waals surface area contributed by atoms with Gasteiger partial charge in [0.2, 0.25) is 0 Å². The van der Waals surface area contributed by atoms with E-state index < -0.39 is 0 Å². The molecule has 0 amide bonds. The highest BCUT2D eigenvalue weighted by molar-refractivity contribution is 6.00. The quantitative estimate of drug-likeness (QED) is 0.460. The third-order valence-corrected chi connectivity index (χ3v) is 6.26. The van der Waals surface area contributed by atoms with E-state index >= 15 is 0 Å². The molecule has 1 fully saturated rings. The number of nitrogen functional groups attached to an aromatic ring is 1. The Morgan fingerprint density at radius 1 is 1.06 bits per heavy atom. The molecule has 0 saturated heterocycles. The minimum atomic E-state index is 0.447. The predicted molar refractivity (Wildman–Crippen MR) is 128 cm³/mol. The van der Waals surface area contributed by atoms with Crippen molar-refractivity contribution < 1.29 is 4.74 Å². The highest BCUT2D eigenvalue weighted by Gasteiger charge is 2.32. The smallest absolute Gasteiger partial charge is 0.146 e. The van der Waals surface area contributed by atoms with Gasteiger partial charge in [-0.2, -0.15) is 0 Å². The number of rotatable bonds is 7. The van der Waals surface area contributed by atoms with Crippen LogP contribution < -0.4 is 10.5 Å². The molecular formula is C26H29N5O. The standard InChI is InChI=1S/C26H29N5O/c1-30(2)14-19-11-21(12-19)31-15-23(24-25(27)28-17-29-26(24)31)20-9-6-10-22(13-20)32-16-18-7-4-3-5-8-18/h3-10,13,15,17,19,21H,11-12,14,16H2,1-2H3,(H2,27,28,29)/t19-,21+. The van der Waals surface area contributed by atoms with E-state index in [0.29, 0.717) is 18.5 Å². The minimum Gasteiger partial charge on any atom is -0.489 e. The lowest BCUT2D eigenvalue weighted by molar-refractivity contribution is 0.159. The lowest BCUT2D eigenvalue weighted by Crippen LogP contribution is -2.33. The van der Waals surface area contributed by atoms with Crippen molar-refractivity contribution in [2.75, 3.05) is 26.4 Å². The van der Waals surface area contributed by atoms with E-state index in [0.717, 1.165) is 58.8 Å². The summed E-state index contributed by atoms with van der Waals surface area (Å²) in [5.74, 6) is 2.07. The van der Waals surface area contributed by atoms with Crippen LogP contribution in [0.15, 0.2) is 67.1 Å². The van der Waals surface area contributed by atoms with Gasteiger partial charge in [0.1, 0.15) is 30.1 Å². The Balaban J connectivity index is 1.44. The topological polar surface area (TPSA) is 69.2 Å². The van der Waals surface area contributed by atoms with Crippen LogP contribution in [-0.2, 0) is 6.61 Å². The zero-order chi connectivity index (χ0) is 22.1. The molecule has 0 atom stereocenters. The molecule has 2 aromatic heterocycles. The molecule has 4 aromatic rings. The van der Waals surface area contributed by atoms with Gasteiger partial charge in [0.15, 0.2) is 0 Å². The van der Waals surface area contributed by atoms with Crippen molar-refractivity contribution in [3.8, 4) is 16.9 Å². The zero-order valence-electron chi connectivity index (χ0n) is 18.6. The van der Waals surface area contributed by atoms with E-state index in [1.165, 1.54) is 0 Å². The second-order valence-corrected chi connectivity index (χ2v) is 8.96. The van der Waals surface area contributed by atoms with E-state index in [1.807, 2.05) is 30.3 Å². The van der Waals surface area contributed by atoms with Crippen LogP contribution in [0.1, 0.15) is 24.4 Å². The molecule has 2 heterocycles. The first-order chi connectivity index (χ1) is 15.6. The Labute approximate surface area is 188 Å². The van der Waals surface area contributed by atoms with E-state index in [-0.39, 0.29) is 0 Å². The molecule has 0 bridgehead atoms. The fraction of sp³-hybridized carbons (Fsp3) is 0.308. The molecule has 2 aromatic carbocycles. The summed E-state index contributed by atoms with van der Waals surface area (Å²) in [7, 11) is 4.27. The number of ether oxygens (including phenoxy) is 1. The van der Waals surface area contributed by atoms with Gasteiger partial charge in [0.05, 0.1) is 5.39 Å². The van der Waals surface area contributed by atoms with Gasteiger partial charge in [0, 0.05) is 24.3 Å². The number of nitrogens with zero attached hydrogens (tertiary/aromatic N) is 4. The predicted octanol–water partition coefficient (Wildman–Crippen LogP) is 4.77. The summed E-state index contributed by atoms with van der Waals surface area (Å²) in [5.41, 5.74) is 10.5. The third-order valence-electron chi connectivity index (χ3n) is 6.26. The highest BCUT2D eigenvalue weighted by Crippen LogP contribution is 2.43. The van der Waals surface area contributed by atoms with E-state index in [9.17, 15) is 0 Å². The van der Waals surface area contributed by atoms with Crippen LogP contribution >= 0.6 is 0 Å². The van der Waals surface area contributed by atoms with Crippen molar-refractivity contribution >= 4 is 16.9 Å². The number of fused-ring (bicyclic) bond motifs is 1. The van der Waals surface area contributed by atoms with Gasteiger partial charge in [0.25, 0.3) is 0 Å². The van der Waals surface area contributed by atoms with Crippen molar-refractivity contribution in [1.29, 1.82) is 0 Å². The van der Waals surface area contributed by atoms with Crippen LogP contribution in [0.2, 0.25) is 0 Å². The highest BCUT2D eigenvalue weighted by atomic mass is 16.5. The number of aromatic nitrogens is 3. The maximum absolute atomic E-state index is 6.33. The summed E-state index contributed by atoms with van der Waals surface area (Å²) in [6.45, 7) is 1.66. The number of anilines is 1. The summed E-state index contributed by atoms with van der Waals surface area (Å²) in [5, 5.41) is 0.920. The second-order valence-electron chi connectivity index (χ2n) is 8.96. The van der Waals surface area contributed by atoms with E-state index in [1.54, 1.807) is 6.33 Å². The average Bonchev–Trinajstić information content (AvgIpc) is 3.16. The first kappa shape index (κ1) is 20.5. The first-order valence-corrected chi connectivity index (χ1v) is 11.1. The molecule has 164 valence electrons. The molecule has 2 N–H and O–H groups in total. The Hall–Kier alpha value is -3.38. The Bertz CT molecular complexity index is 1210. The summed E-state index contributed by atoms with van der Waals surface area (Å²) < 4.78 is 8.36. The fourth-order valence-electron chi connectivity index (χ4n) is 4.69. The van der Waals surface area contributed by atoms with Crippen LogP contribution in [-0.4, -0.2) is 40.1 Å². The molecular weight excluding hydrogens is 398 g/mol. The van der Waals surface area contributed by atoms with Gasteiger partial charge in [-0.3, -0.25) is 0 Å². The van der Waals surface area contributed by atoms with E-state index in [4.69, 9.17) is 10.5 Å². The lowest BCUT2D eigenvalue weighted by atomic mass is 9.80. The van der Waals surface area contributed by atoms with Crippen LogP contribution in [0.3, 0.4) is 0 Å². The van der Waals surface area contributed by atoms with Crippen molar-refractivity contribution in [1.82, 2.24) is 19.4 Å². The van der Waals surface area contributed by atoms with Gasteiger partial charge >= 0.3 is 0 Å². The molecule has 6 heteroatoms. The molecule has 1 saturated carbocycles. The SMILES string of the molecule is CN(C)C[C@H]1C[C@@H](n2cc(-c3cccc(OCc4ccccc4)c3)c3c(N)ncnc32)C1. The van der Waals surface area contributed by atoms with Crippen LogP contribution in [0.25, 0.3) is 22.2 Å². The second kappa shape index (κ2) is 8.63. The molecule has 0 aliphatic heterocycles. The zero-order valence-corrected chi connectivity index (χ0v) is 18.6. The van der Waals surface area contributed by atoms with E-state index in [2.05, 4.69) is 64.0 Å². The lowest BCUT2D eigenvalue weighted by Gasteiger charge is -2.38. The largest absolute Gasteiger partial charge is 0.489 e. The molecule has 0 spiro atoms. The maximum atomic E-state index is 6.33. The Morgan fingerprint density at radius 3 is 2.66 bits per heavy atom. The summed E-state index contributed by atoms with van der Waals surface area (Å²) in [4.78, 5) is 11.1. The monoisotopic (exact) mass is 427 g/mol. The molecule has 1 aliphatic carbocycles. The van der Waals surface area contributed by atoms with Gasteiger partial charge in [-0.25, -0.2) is 9.97 Å². The molecule has 5 rings (SSSR count). The molecule has 6 nitrogen and oxygen atoms in total. The first-order valence-electron chi connectivity index (χ1n) is 11.1. The molecule has 0 radical (unpaired) electrons. The van der Waals surface area contributed by atoms with Crippen LogP contribution in [0.4, 0.5) is 5.82 Å². The summed E-state index contributed by atoms with van der Waals surface area (Å²) in [6.07, 6.45) is 6.08. The van der Waals surface area contributed by atoms with Gasteiger partial charge in [-0.1, -0.05) is 42.5 Å². The number of hydrogen-bond acceptors (Lipinski definition) is 5. The van der Waals surface area contributed by atoms with Crippen molar-refractivity contribution in [3.63, 3.8) is 0 Å². The minimum absolute atomic E-state index is 0.447. The van der Waals surface area contributed by atoms with Crippen LogP contribution in [0.5, 0.6) is 5.75 Å².